The number of amides is 1. The van der Waals surface area contributed by atoms with Crippen LogP contribution in [0.1, 0.15) is 30.0 Å². The van der Waals surface area contributed by atoms with Gasteiger partial charge in [-0.15, -0.1) is 0 Å². The first-order valence-corrected chi connectivity index (χ1v) is 7.73. The highest BCUT2D eigenvalue weighted by molar-refractivity contribution is 5.79. The second-order valence-electron chi connectivity index (χ2n) is 6.26. The van der Waals surface area contributed by atoms with Crippen molar-refractivity contribution in [1.82, 2.24) is 4.90 Å². The number of benzene rings is 1. The molecule has 1 amide bonds. The molecule has 2 aliphatic heterocycles. The van der Waals surface area contributed by atoms with Crippen LogP contribution in [0.3, 0.4) is 0 Å². The number of rotatable bonds is 3. The molecule has 3 rings (SSSR count). The molecule has 0 saturated carbocycles. The molecule has 4 nitrogen and oxygen atoms in total. The minimum Gasteiger partial charge on any atom is -0.479 e. The molecule has 2 aliphatic rings. The fraction of sp³-hybridized carbons (Fsp3) is 0.562. The Labute approximate surface area is 140 Å². The average molecular weight is 365 g/mol. The van der Waals surface area contributed by atoms with Crippen molar-refractivity contribution in [2.75, 3.05) is 19.9 Å². The smallest absolute Gasteiger partial charge is 0.416 e. The fourth-order valence-electron chi connectivity index (χ4n) is 3.34. The number of hydrogen-bond acceptors (Lipinski definition) is 3. The predicted molar refractivity (Wildman–Crippen MR) is 76.4 cm³/mol. The summed E-state index contributed by atoms with van der Waals surface area (Å²) in [5, 5.41) is 10.5. The lowest BCUT2D eigenvalue weighted by Crippen LogP contribution is -2.60. The van der Waals surface area contributed by atoms with Crippen LogP contribution in [0.2, 0.25) is 0 Å². The van der Waals surface area contributed by atoms with Crippen LogP contribution in [0.4, 0.5) is 22.0 Å². The largest absolute Gasteiger partial charge is 0.479 e. The average Bonchev–Trinajstić information content (AvgIpc) is 2.99. The first-order chi connectivity index (χ1) is 11.7. The minimum absolute atomic E-state index is 0.102. The van der Waals surface area contributed by atoms with Crippen LogP contribution >= 0.6 is 0 Å². The van der Waals surface area contributed by atoms with Gasteiger partial charge in [0.1, 0.15) is 25.2 Å². The second kappa shape index (κ2) is 6.12. The molecular formula is C16H16F5NO3. The molecule has 9 heteroatoms. The molecule has 1 aromatic carbocycles. The summed E-state index contributed by atoms with van der Waals surface area (Å²) < 4.78 is 71.3. The Morgan fingerprint density at radius 1 is 1.28 bits per heavy atom. The van der Waals surface area contributed by atoms with Crippen LogP contribution in [0.5, 0.6) is 5.75 Å². The van der Waals surface area contributed by atoms with E-state index in [1.165, 1.54) is 4.90 Å². The number of carbonyl (C=O) groups is 1. The number of aliphatic hydroxyl groups is 1. The molecule has 0 spiro atoms. The second-order valence-corrected chi connectivity index (χ2v) is 6.26. The van der Waals surface area contributed by atoms with E-state index in [4.69, 9.17) is 4.74 Å². The van der Waals surface area contributed by atoms with Gasteiger partial charge >= 0.3 is 6.18 Å². The van der Waals surface area contributed by atoms with Crippen LogP contribution in [0, 0.1) is 0 Å². The van der Waals surface area contributed by atoms with Gasteiger partial charge in [0.2, 0.25) is 5.91 Å². The van der Waals surface area contributed by atoms with E-state index in [0.717, 1.165) is 18.2 Å². The summed E-state index contributed by atoms with van der Waals surface area (Å²) in [6.07, 6.45) is -5.86. The Kier molecular flexibility index (Phi) is 4.38. The van der Waals surface area contributed by atoms with E-state index in [2.05, 4.69) is 0 Å². The van der Waals surface area contributed by atoms with Crippen LogP contribution in [0.25, 0.3) is 0 Å². The van der Waals surface area contributed by atoms with Crippen molar-refractivity contribution in [3.05, 3.63) is 29.3 Å². The van der Waals surface area contributed by atoms with Crippen molar-refractivity contribution < 1.29 is 36.6 Å². The van der Waals surface area contributed by atoms with E-state index >= 15 is 0 Å². The summed E-state index contributed by atoms with van der Waals surface area (Å²) in [5.74, 6) is -0.556. The third kappa shape index (κ3) is 2.84. The molecular weight excluding hydrogens is 349 g/mol. The Hall–Kier alpha value is -1.90. The Balaban J connectivity index is 2.15. The molecule has 25 heavy (non-hydrogen) atoms. The Morgan fingerprint density at radius 2 is 1.96 bits per heavy atom. The van der Waals surface area contributed by atoms with Gasteiger partial charge in [-0.2, -0.15) is 13.2 Å². The molecule has 0 bridgehead atoms. The molecule has 2 heterocycles. The van der Waals surface area contributed by atoms with Crippen LogP contribution in [-0.2, 0) is 11.0 Å². The molecule has 0 radical (unpaired) electrons. The number of hydrogen-bond donors (Lipinski definition) is 1. The monoisotopic (exact) mass is 365 g/mol. The zero-order valence-corrected chi connectivity index (χ0v) is 13.0. The van der Waals surface area contributed by atoms with Crippen molar-refractivity contribution in [1.29, 1.82) is 0 Å². The number of ether oxygens (including phenoxy) is 1. The van der Waals surface area contributed by atoms with Crippen molar-refractivity contribution in [3.8, 4) is 5.75 Å². The van der Waals surface area contributed by atoms with Gasteiger partial charge in [0, 0.05) is 18.5 Å². The maximum absolute atomic E-state index is 13.5. The first kappa shape index (κ1) is 17.9. The van der Waals surface area contributed by atoms with E-state index in [1.807, 2.05) is 0 Å². The first-order valence-electron chi connectivity index (χ1n) is 7.73. The molecule has 2 atom stereocenters. The van der Waals surface area contributed by atoms with E-state index in [0.29, 0.717) is 6.42 Å². The number of fused-ring (bicyclic) bond motifs is 1. The molecule has 1 N–H and O–H groups in total. The zero-order valence-electron chi connectivity index (χ0n) is 13.0. The Morgan fingerprint density at radius 3 is 2.48 bits per heavy atom. The SMILES string of the molecule is O=C1CCCN1C1c2cc(C(F)(F)F)ccc2OC(CF)(CF)C1O. The molecule has 1 saturated heterocycles. The topological polar surface area (TPSA) is 49.8 Å². The number of likely N-dealkylation sites (tertiary alicyclic amines) is 1. The fourth-order valence-corrected chi connectivity index (χ4v) is 3.34. The Bertz CT molecular complexity index is 674. The molecule has 2 unspecified atom stereocenters. The molecule has 138 valence electrons. The van der Waals surface area contributed by atoms with E-state index in [9.17, 15) is 31.9 Å². The number of aliphatic hydroxyl groups excluding tert-OH is 1. The molecule has 0 aliphatic carbocycles. The third-order valence-electron chi connectivity index (χ3n) is 4.71. The van der Waals surface area contributed by atoms with Crippen LogP contribution in [-0.4, -0.2) is 47.5 Å². The van der Waals surface area contributed by atoms with Crippen LogP contribution in [0.15, 0.2) is 18.2 Å². The quantitative estimate of drug-likeness (QED) is 0.838. The summed E-state index contributed by atoms with van der Waals surface area (Å²) in [4.78, 5) is 13.2. The maximum Gasteiger partial charge on any atom is 0.416 e. The van der Waals surface area contributed by atoms with E-state index < -0.39 is 42.8 Å². The summed E-state index contributed by atoms with van der Waals surface area (Å²) in [7, 11) is 0. The van der Waals surface area contributed by atoms with Crippen molar-refractivity contribution in [3.63, 3.8) is 0 Å². The lowest BCUT2D eigenvalue weighted by Gasteiger charge is -2.46. The van der Waals surface area contributed by atoms with Gasteiger partial charge in [0.25, 0.3) is 0 Å². The van der Waals surface area contributed by atoms with Gasteiger partial charge in [-0.3, -0.25) is 4.79 Å². The van der Waals surface area contributed by atoms with Gasteiger partial charge in [-0.1, -0.05) is 0 Å². The summed E-state index contributed by atoms with van der Waals surface area (Å²) in [5.41, 5.74) is -3.35. The molecule has 1 fully saturated rings. The van der Waals surface area contributed by atoms with Gasteiger partial charge in [0.15, 0.2) is 5.60 Å². The summed E-state index contributed by atoms with van der Waals surface area (Å²) >= 11 is 0. The molecule has 1 aromatic rings. The number of alkyl halides is 5. The lowest BCUT2D eigenvalue weighted by atomic mass is 9.84. The molecule has 0 aromatic heterocycles. The lowest BCUT2D eigenvalue weighted by molar-refractivity contribution is -0.149. The van der Waals surface area contributed by atoms with Gasteiger partial charge in [-0.25, -0.2) is 8.78 Å². The van der Waals surface area contributed by atoms with E-state index in [-0.39, 0.29) is 30.2 Å². The van der Waals surface area contributed by atoms with Gasteiger partial charge in [-0.05, 0) is 24.6 Å². The van der Waals surface area contributed by atoms with Gasteiger partial charge < -0.3 is 14.7 Å². The highest BCUT2D eigenvalue weighted by Crippen LogP contribution is 2.46. The normalized spacial score (nSPS) is 25.7. The zero-order chi connectivity index (χ0) is 18.4. The standard InChI is InChI=1S/C16H16F5NO3/c17-7-15(8-18)14(24)13(22-5-1-2-12(22)23)10-6-9(16(19,20)21)3-4-11(10)25-15/h3-4,6,13-14,24H,1-2,5,7-8H2. The number of carbonyl (C=O) groups excluding carboxylic acids is 1. The minimum atomic E-state index is -4.64. The predicted octanol–water partition coefficient (Wildman–Crippen LogP) is 2.80. The van der Waals surface area contributed by atoms with Gasteiger partial charge in [0.05, 0.1) is 11.6 Å². The third-order valence-corrected chi connectivity index (χ3v) is 4.71. The number of nitrogens with zero attached hydrogens (tertiary/aromatic N) is 1. The van der Waals surface area contributed by atoms with Crippen molar-refractivity contribution in [2.24, 2.45) is 0 Å². The highest BCUT2D eigenvalue weighted by Gasteiger charge is 2.53. The van der Waals surface area contributed by atoms with Crippen molar-refractivity contribution >= 4 is 5.91 Å². The number of halogens is 5. The van der Waals surface area contributed by atoms with Crippen molar-refractivity contribution in [2.45, 2.75) is 36.8 Å². The maximum atomic E-state index is 13.5. The highest BCUT2D eigenvalue weighted by atomic mass is 19.4. The van der Waals surface area contributed by atoms with Crippen LogP contribution < -0.4 is 4.74 Å². The summed E-state index contributed by atoms with van der Waals surface area (Å²) in [6.45, 7) is -2.59. The summed E-state index contributed by atoms with van der Waals surface area (Å²) in [6, 6.07) is 1.17. The van der Waals surface area contributed by atoms with E-state index in [1.54, 1.807) is 0 Å².